The van der Waals surface area contributed by atoms with E-state index in [1.54, 1.807) is 14.2 Å². The van der Waals surface area contributed by atoms with Crippen molar-refractivity contribution < 1.29 is 19.0 Å². The molecule has 0 saturated heterocycles. The number of rotatable bonds is 9. The Morgan fingerprint density at radius 3 is 2.39 bits per heavy atom. The quantitative estimate of drug-likeness (QED) is 0.531. The van der Waals surface area contributed by atoms with Gasteiger partial charge in [0.05, 0.1) is 20.3 Å². The Kier molecular flexibility index (Phi) is 7.83. The van der Waals surface area contributed by atoms with Gasteiger partial charge in [-0.1, -0.05) is 39.3 Å². The van der Waals surface area contributed by atoms with E-state index in [0.717, 1.165) is 36.3 Å². The van der Waals surface area contributed by atoms with Gasteiger partial charge in [-0.25, -0.2) is 0 Å². The van der Waals surface area contributed by atoms with Gasteiger partial charge in [-0.05, 0) is 59.7 Å². The van der Waals surface area contributed by atoms with Crippen LogP contribution in [0.2, 0.25) is 0 Å². The van der Waals surface area contributed by atoms with E-state index in [-0.39, 0.29) is 11.9 Å². The van der Waals surface area contributed by atoms with E-state index >= 15 is 0 Å². The molecule has 1 atom stereocenters. The van der Waals surface area contributed by atoms with Gasteiger partial charge >= 0.3 is 0 Å². The summed E-state index contributed by atoms with van der Waals surface area (Å²) in [4.78, 5) is 15.0. The lowest BCUT2D eigenvalue weighted by molar-refractivity contribution is -0.135. The minimum absolute atomic E-state index is 0.155. The summed E-state index contributed by atoms with van der Waals surface area (Å²) >= 11 is 0. The van der Waals surface area contributed by atoms with Crippen molar-refractivity contribution in [1.82, 2.24) is 4.90 Å². The Morgan fingerprint density at radius 2 is 1.77 bits per heavy atom. The first-order chi connectivity index (χ1) is 15.0. The molecule has 3 rings (SSSR count). The second kappa shape index (κ2) is 10.6. The molecule has 5 heteroatoms. The lowest BCUT2D eigenvalue weighted by Crippen LogP contribution is -2.42. The highest BCUT2D eigenvalue weighted by Gasteiger charge is 2.32. The van der Waals surface area contributed by atoms with Crippen LogP contribution in [0.1, 0.15) is 68.7 Å². The Hall–Kier alpha value is -2.69. The Labute approximate surface area is 186 Å². The molecule has 0 radical (unpaired) electrons. The van der Waals surface area contributed by atoms with Crippen LogP contribution in [0, 0.1) is 0 Å². The number of benzene rings is 2. The number of carbonyl (C=O) groups is 1. The number of nitrogens with zero attached hydrogens (tertiary/aromatic N) is 1. The molecule has 2 aromatic rings. The van der Waals surface area contributed by atoms with Crippen LogP contribution in [0.15, 0.2) is 36.4 Å². The molecule has 0 spiro atoms. The lowest BCUT2D eigenvalue weighted by atomic mass is 9.91. The topological polar surface area (TPSA) is 48.0 Å². The van der Waals surface area contributed by atoms with E-state index in [1.807, 2.05) is 29.2 Å². The summed E-state index contributed by atoms with van der Waals surface area (Å²) in [6.07, 6.45) is 3.27. The van der Waals surface area contributed by atoms with Crippen molar-refractivity contribution in [3.63, 3.8) is 0 Å². The molecular formula is C26H35NO4. The van der Waals surface area contributed by atoms with Gasteiger partial charge in [-0.15, -0.1) is 0 Å². The van der Waals surface area contributed by atoms with E-state index in [1.165, 1.54) is 11.1 Å². The standard InChI is InChI=1S/C26H35NO4/c1-6-7-8-26(28)27-14-13-20-15-24(29-4)25(30-5)16-22(20)23(27)17-31-21-11-9-19(10-12-21)18(2)3/h9-12,15-16,18,23H,6-8,13-14,17H2,1-5H3/t23-/m0/s1. The minimum atomic E-state index is -0.155. The molecule has 0 aromatic heterocycles. The van der Waals surface area contributed by atoms with Gasteiger partial charge < -0.3 is 19.1 Å². The minimum Gasteiger partial charge on any atom is -0.493 e. The molecular weight excluding hydrogens is 390 g/mol. The van der Waals surface area contributed by atoms with Gasteiger partial charge in [-0.2, -0.15) is 0 Å². The first-order valence-electron chi connectivity index (χ1n) is 11.3. The SMILES string of the molecule is CCCCC(=O)N1CCc2cc(OC)c(OC)cc2[C@@H]1COc1ccc(C(C)C)cc1. The molecule has 1 amide bonds. The summed E-state index contributed by atoms with van der Waals surface area (Å²) in [7, 11) is 3.29. The van der Waals surface area contributed by atoms with E-state index < -0.39 is 0 Å². The number of carbonyl (C=O) groups excluding carboxylic acids is 1. The lowest BCUT2D eigenvalue weighted by Gasteiger charge is -2.37. The van der Waals surface area contributed by atoms with E-state index in [2.05, 4.69) is 32.9 Å². The van der Waals surface area contributed by atoms with E-state index in [4.69, 9.17) is 14.2 Å². The monoisotopic (exact) mass is 425 g/mol. The summed E-state index contributed by atoms with van der Waals surface area (Å²) in [6.45, 7) is 7.55. The van der Waals surface area contributed by atoms with Crippen molar-refractivity contribution in [1.29, 1.82) is 0 Å². The fourth-order valence-corrected chi connectivity index (χ4v) is 4.10. The van der Waals surface area contributed by atoms with Crippen LogP contribution in [0.5, 0.6) is 17.2 Å². The van der Waals surface area contributed by atoms with Crippen molar-refractivity contribution in [2.24, 2.45) is 0 Å². The fraction of sp³-hybridized carbons (Fsp3) is 0.500. The molecule has 1 heterocycles. The second-order valence-electron chi connectivity index (χ2n) is 8.40. The van der Waals surface area contributed by atoms with Crippen molar-refractivity contribution in [2.45, 2.75) is 58.4 Å². The van der Waals surface area contributed by atoms with E-state index in [0.29, 0.717) is 31.2 Å². The number of hydrogen-bond donors (Lipinski definition) is 0. The van der Waals surface area contributed by atoms with Crippen LogP contribution < -0.4 is 14.2 Å². The molecule has 0 saturated carbocycles. The molecule has 0 bridgehead atoms. The summed E-state index contributed by atoms with van der Waals surface area (Å²) < 4.78 is 17.2. The molecule has 0 unspecified atom stereocenters. The second-order valence-corrected chi connectivity index (χ2v) is 8.40. The van der Waals surface area contributed by atoms with Crippen LogP contribution in [0.4, 0.5) is 0 Å². The van der Waals surface area contributed by atoms with Crippen LogP contribution in [0.3, 0.4) is 0 Å². The van der Waals surface area contributed by atoms with Crippen LogP contribution in [-0.4, -0.2) is 38.2 Å². The number of amides is 1. The smallest absolute Gasteiger partial charge is 0.223 e. The maximum absolute atomic E-state index is 13.0. The number of ether oxygens (including phenoxy) is 3. The number of hydrogen-bond acceptors (Lipinski definition) is 4. The zero-order valence-electron chi connectivity index (χ0n) is 19.4. The van der Waals surface area contributed by atoms with Crippen molar-refractivity contribution in [3.05, 3.63) is 53.1 Å². The zero-order valence-corrected chi connectivity index (χ0v) is 19.4. The zero-order chi connectivity index (χ0) is 22.4. The average Bonchev–Trinajstić information content (AvgIpc) is 2.79. The predicted molar refractivity (Wildman–Crippen MR) is 123 cm³/mol. The van der Waals surface area contributed by atoms with Crippen molar-refractivity contribution >= 4 is 5.91 Å². The van der Waals surface area contributed by atoms with Gasteiger partial charge in [-0.3, -0.25) is 4.79 Å². The molecule has 31 heavy (non-hydrogen) atoms. The molecule has 168 valence electrons. The molecule has 0 fully saturated rings. The maximum atomic E-state index is 13.0. The molecule has 5 nitrogen and oxygen atoms in total. The van der Waals surface area contributed by atoms with Crippen LogP contribution in [0.25, 0.3) is 0 Å². The summed E-state index contributed by atoms with van der Waals surface area (Å²) in [5.41, 5.74) is 3.54. The highest BCUT2D eigenvalue weighted by molar-refractivity contribution is 5.77. The third kappa shape index (κ3) is 5.33. The fourth-order valence-electron chi connectivity index (χ4n) is 4.10. The third-order valence-electron chi connectivity index (χ3n) is 6.02. The van der Waals surface area contributed by atoms with Gasteiger partial charge in [0.15, 0.2) is 11.5 Å². The number of unbranched alkanes of at least 4 members (excludes halogenated alkanes) is 1. The predicted octanol–water partition coefficient (Wildman–Crippen LogP) is 5.52. The van der Waals surface area contributed by atoms with Crippen molar-refractivity contribution in [2.75, 3.05) is 27.4 Å². The first kappa shape index (κ1) is 23.0. The summed E-state index contributed by atoms with van der Waals surface area (Å²) in [5.74, 6) is 2.88. The largest absolute Gasteiger partial charge is 0.493 e. The molecule has 1 aliphatic heterocycles. The summed E-state index contributed by atoms with van der Waals surface area (Å²) in [6, 6.07) is 12.1. The highest BCUT2D eigenvalue weighted by atomic mass is 16.5. The van der Waals surface area contributed by atoms with Gasteiger partial charge in [0.2, 0.25) is 5.91 Å². The molecule has 1 aliphatic rings. The molecule has 0 N–H and O–H groups in total. The first-order valence-corrected chi connectivity index (χ1v) is 11.3. The van der Waals surface area contributed by atoms with Gasteiger partial charge in [0, 0.05) is 13.0 Å². The third-order valence-corrected chi connectivity index (χ3v) is 6.02. The van der Waals surface area contributed by atoms with Crippen LogP contribution in [-0.2, 0) is 11.2 Å². The van der Waals surface area contributed by atoms with Gasteiger partial charge in [0.1, 0.15) is 12.4 Å². The highest BCUT2D eigenvalue weighted by Crippen LogP contribution is 2.38. The van der Waals surface area contributed by atoms with Crippen molar-refractivity contribution in [3.8, 4) is 17.2 Å². The van der Waals surface area contributed by atoms with Crippen LogP contribution >= 0.6 is 0 Å². The molecule has 0 aliphatic carbocycles. The Balaban J connectivity index is 1.88. The Morgan fingerprint density at radius 1 is 1.10 bits per heavy atom. The van der Waals surface area contributed by atoms with E-state index in [9.17, 15) is 4.79 Å². The molecule has 2 aromatic carbocycles. The Bertz CT molecular complexity index is 876. The normalized spacial score (nSPS) is 15.5. The van der Waals surface area contributed by atoms with Gasteiger partial charge in [0.25, 0.3) is 0 Å². The number of methoxy groups -OCH3 is 2. The number of fused-ring (bicyclic) bond motifs is 1. The maximum Gasteiger partial charge on any atom is 0.223 e. The average molecular weight is 426 g/mol. The summed E-state index contributed by atoms with van der Waals surface area (Å²) in [5, 5.41) is 0.